The van der Waals surface area contributed by atoms with E-state index in [1.54, 1.807) is 0 Å². The number of hydrogen-bond acceptors (Lipinski definition) is 1. The van der Waals surface area contributed by atoms with E-state index in [0.717, 1.165) is 12.8 Å². The molecule has 25 heavy (non-hydrogen) atoms. The molecule has 144 valence electrons. The van der Waals surface area contributed by atoms with E-state index in [1.807, 2.05) is 0 Å². The summed E-state index contributed by atoms with van der Waals surface area (Å²) in [6, 6.07) is 0. The normalized spacial score (nSPS) is 10.9. The van der Waals surface area contributed by atoms with Crippen molar-refractivity contribution in [3.05, 3.63) is 12.2 Å². The molecule has 2 nitrogen and oxygen atoms in total. The zero-order valence-corrected chi connectivity index (χ0v) is 16.2. The molecule has 0 aliphatic rings. The Bertz CT molecular complexity index is 290. The van der Waals surface area contributed by atoms with Gasteiger partial charge in [-0.2, -0.15) is 0 Å². The number of unbranched alkanes of at least 4 members (excludes halogenated alkanes) is 15. The molecule has 0 aromatic carbocycles. The van der Waals surface area contributed by atoms with Crippen LogP contribution in [0.15, 0.2) is 12.2 Å². The van der Waals surface area contributed by atoms with Gasteiger partial charge >= 0.3 is 35.5 Å². The van der Waals surface area contributed by atoms with Gasteiger partial charge in [-0.05, 0) is 32.1 Å². The molecule has 0 heterocycles. The number of hydrogen-bond donors (Lipinski definition) is 1. The summed E-state index contributed by atoms with van der Waals surface area (Å²) >= 11 is 0. The molecule has 0 spiro atoms. The van der Waals surface area contributed by atoms with E-state index in [0.29, 0.717) is 6.42 Å². The average molecular weight is 363 g/mol. The van der Waals surface area contributed by atoms with E-state index in [2.05, 4.69) is 19.1 Å². The molecule has 0 saturated heterocycles. The second kappa shape index (κ2) is 24.2. The monoisotopic (exact) mass is 362 g/mol. The van der Waals surface area contributed by atoms with Gasteiger partial charge in [0.2, 0.25) is 0 Å². The van der Waals surface area contributed by atoms with Gasteiger partial charge in [-0.15, -0.1) is 0 Å². The molecule has 3 heteroatoms. The zero-order valence-electron chi connectivity index (χ0n) is 16.2. The van der Waals surface area contributed by atoms with Gasteiger partial charge in [0.05, 0.1) is 0 Å². The summed E-state index contributed by atoms with van der Waals surface area (Å²) in [5.74, 6) is -0.659. The van der Waals surface area contributed by atoms with Crippen LogP contribution in [0.5, 0.6) is 0 Å². The van der Waals surface area contributed by atoms with Gasteiger partial charge in [0, 0.05) is 6.42 Å². The second-order valence-electron chi connectivity index (χ2n) is 7.14. The maximum atomic E-state index is 10.4. The predicted octanol–water partition coefficient (Wildman–Crippen LogP) is 7.02. The van der Waals surface area contributed by atoms with Crippen LogP contribution in [0, 0.1) is 0 Å². The molecule has 0 rings (SSSR count). The van der Waals surface area contributed by atoms with E-state index in [1.165, 1.54) is 96.3 Å². The van der Waals surface area contributed by atoms with Crippen molar-refractivity contribution in [1.29, 1.82) is 0 Å². The first kappa shape index (κ1) is 27.4. The molecule has 0 aliphatic heterocycles. The molecular formula is C22H43NaO2. The van der Waals surface area contributed by atoms with Crippen LogP contribution in [0.2, 0.25) is 0 Å². The summed E-state index contributed by atoms with van der Waals surface area (Å²) < 4.78 is 0. The Balaban J connectivity index is 0. The fourth-order valence-electron chi connectivity index (χ4n) is 3.05. The first-order chi connectivity index (χ1) is 11.8. The van der Waals surface area contributed by atoms with Crippen LogP contribution >= 0.6 is 0 Å². The van der Waals surface area contributed by atoms with Crippen molar-refractivity contribution in [2.75, 3.05) is 0 Å². The number of rotatable bonds is 19. The van der Waals surface area contributed by atoms with Gasteiger partial charge in [0.15, 0.2) is 0 Å². The molecule has 0 aromatic heterocycles. The van der Waals surface area contributed by atoms with Crippen molar-refractivity contribution in [3.63, 3.8) is 0 Å². The van der Waals surface area contributed by atoms with Crippen LogP contribution in [0.4, 0.5) is 0 Å². The van der Waals surface area contributed by atoms with E-state index < -0.39 is 5.97 Å². The Hall–Kier alpha value is 0.210. The standard InChI is InChI=1S/C22H42O2.Na.H/c1-2-3-4-5-6-7-8-9-10-11-12-13-14-15-16-17-18-19-20-21-22(23)24;;/h11-12H,2-10,13-21H2,1H3,(H,23,24);;/b12-11-;;. The van der Waals surface area contributed by atoms with Gasteiger partial charge in [0.1, 0.15) is 0 Å². The maximum absolute atomic E-state index is 10.4. The van der Waals surface area contributed by atoms with E-state index in [9.17, 15) is 4.79 Å². The Kier molecular flexibility index (Phi) is 26.6. The average Bonchev–Trinajstić information content (AvgIpc) is 2.56. The molecule has 0 radical (unpaired) electrons. The van der Waals surface area contributed by atoms with Crippen molar-refractivity contribution in [2.45, 2.75) is 122 Å². The molecule has 0 unspecified atom stereocenters. The SMILES string of the molecule is CCCCCCCCCC/C=C\CCCCCCCCCC(=O)O.[NaH]. The summed E-state index contributed by atoms with van der Waals surface area (Å²) in [6.45, 7) is 2.28. The zero-order chi connectivity index (χ0) is 17.7. The first-order valence-electron chi connectivity index (χ1n) is 10.6. The summed E-state index contributed by atoms with van der Waals surface area (Å²) in [4.78, 5) is 10.4. The van der Waals surface area contributed by atoms with Crippen LogP contribution in [-0.4, -0.2) is 40.6 Å². The topological polar surface area (TPSA) is 37.3 Å². The Morgan fingerprint density at radius 1 is 0.640 bits per heavy atom. The molecule has 0 aliphatic carbocycles. The molecular weight excluding hydrogens is 319 g/mol. The van der Waals surface area contributed by atoms with Crippen LogP contribution in [-0.2, 0) is 4.79 Å². The Morgan fingerprint density at radius 2 is 1.00 bits per heavy atom. The third kappa shape index (κ3) is 26.5. The minimum absolute atomic E-state index is 0. The molecule has 0 amide bonds. The van der Waals surface area contributed by atoms with Crippen molar-refractivity contribution >= 4 is 35.5 Å². The third-order valence-electron chi connectivity index (χ3n) is 4.65. The third-order valence-corrected chi connectivity index (χ3v) is 4.65. The predicted molar refractivity (Wildman–Crippen MR) is 113 cm³/mol. The van der Waals surface area contributed by atoms with Crippen LogP contribution in [0.1, 0.15) is 122 Å². The van der Waals surface area contributed by atoms with Gasteiger partial charge in [-0.3, -0.25) is 4.79 Å². The van der Waals surface area contributed by atoms with Crippen LogP contribution in [0.3, 0.4) is 0 Å². The number of aliphatic carboxylic acids is 1. The van der Waals surface area contributed by atoms with Crippen molar-refractivity contribution in [2.24, 2.45) is 0 Å². The molecule has 1 N–H and O–H groups in total. The van der Waals surface area contributed by atoms with Crippen molar-refractivity contribution in [3.8, 4) is 0 Å². The van der Waals surface area contributed by atoms with Crippen molar-refractivity contribution < 1.29 is 9.90 Å². The van der Waals surface area contributed by atoms with Gasteiger partial charge in [-0.25, -0.2) is 0 Å². The summed E-state index contributed by atoms with van der Waals surface area (Å²) in [5, 5.41) is 8.55. The Morgan fingerprint density at radius 3 is 1.40 bits per heavy atom. The van der Waals surface area contributed by atoms with Gasteiger partial charge < -0.3 is 5.11 Å². The quantitative estimate of drug-likeness (QED) is 0.152. The molecule has 0 fully saturated rings. The van der Waals surface area contributed by atoms with Crippen LogP contribution < -0.4 is 0 Å². The number of carboxylic acids is 1. The summed E-state index contributed by atoms with van der Waals surface area (Å²) in [5.41, 5.74) is 0. The number of carbonyl (C=O) groups is 1. The number of allylic oxidation sites excluding steroid dienone is 2. The van der Waals surface area contributed by atoms with Crippen LogP contribution in [0.25, 0.3) is 0 Å². The molecule has 0 aromatic rings. The van der Waals surface area contributed by atoms with E-state index in [4.69, 9.17) is 5.11 Å². The number of carboxylic acid groups (broad SMARTS) is 1. The fraction of sp³-hybridized carbons (Fsp3) is 0.864. The molecule has 0 bridgehead atoms. The fourth-order valence-corrected chi connectivity index (χ4v) is 3.05. The summed E-state index contributed by atoms with van der Waals surface area (Å²) in [6.07, 6.45) is 27.1. The first-order valence-corrected chi connectivity index (χ1v) is 10.6. The second-order valence-corrected chi connectivity index (χ2v) is 7.14. The van der Waals surface area contributed by atoms with Crippen molar-refractivity contribution in [1.82, 2.24) is 0 Å². The van der Waals surface area contributed by atoms with E-state index in [-0.39, 0.29) is 29.6 Å². The molecule has 0 atom stereocenters. The Labute approximate surface area is 179 Å². The molecule has 0 saturated carbocycles. The summed E-state index contributed by atoms with van der Waals surface area (Å²) in [7, 11) is 0. The van der Waals surface area contributed by atoms with E-state index >= 15 is 0 Å². The van der Waals surface area contributed by atoms with Gasteiger partial charge in [0.25, 0.3) is 0 Å². The van der Waals surface area contributed by atoms with Gasteiger partial charge in [-0.1, -0.05) is 96.1 Å². The minimum atomic E-state index is -0.659.